The summed E-state index contributed by atoms with van der Waals surface area (Å²) in [5, 5.41) is 13.6. The standard InChI is InChI=1S/C16H22N2O5S/c1-21-15-7-10(3-4-14(15)19)13-8-11(23-18-13)9-22-16(20)12(17)5-6-24-2/h3-4,7,11-12,19H,5-6,8-9,17H2,1-2H3/t11?,12-/m0/s1. The molecule has 2 atom stereocenters. The Morgan fingerprint density at radius 3 is 3.08 bits per heavy atom. The van der Waals surface area contributed by atoms with E-state index in [-0.39, 0.29) is 18.5 Å². The van der Waals surface area contributed by atoms with Crippen LogP contribution in [-0.4, -0.2) is 54.7 Å². The van der Waals surface area contributed by atoms with Crippen molar-refractivity contribution in [1.29, 1.82) is 0 Å². The molecule has 0 saturated carbocycles. The minimum atomic E-state index is -0.611. The number of hydrogen-bond acceptors (Lipinski definition) is 8. The zero-order valence-corrected chi connectivity index (χ0v) is 14.5. The highest BCUT2D eigenvalue weighted by atomic mass is 32.2. The first-order valence-corrected chi connectivity index (χ1v) is 8.95. The lowest BCUT2D eigenvalue weighted by molar-refractivity contribution is -0.148. The molecule has 0 aromatic heterocycles. The van der Waals surface area contributed by atoms with Gasteiger partial charge >= 0.3 is 5.97 Å². The Kier molecular flexibility index (Phi) is 6.74. The Hall–Kier alpha value is -1.93. The van der Waals surface area contributed by atoms with Gasteiger partial charge in [0.15, 0.2) is 17.6 Å². The quantitative estimate of drug-likeness (QED) is 0.682. The maximum absolute atomic E-state index is 11.8. The lowest BCUT2D eigenvalue weighted by Gasteiger charge is -2.13. The van der Waals surface area contributed by atoms with Crippen molar-refractivity contribution >= 4 is 23.4 Å². The Morgan fingerprint density at radius 1 is 1.58 bits per heavy atom. The number of rotatable bonds is 8. The zero-order valence-electron chi connectivity index (χ0n) is 13.7. The first kappa shape index (κ1) is 18.4. The molecule has 1 heterocycles. The fourth-order valence-corrected chi connectivity index (χ4v) is 2.68. The van der Waals surface area contributed by atoms with E-state index in [4.69, 9.17) is 20.0 Å². The number of benzene rings is 1. The van der Waals surface area contributed by atoms with Gasteiger partial charge in [-0.1, -0.05) is 5.16 Å². The maximum Gasteiger partial charge on any atom is 0.323 e. The van der Waals surface area contributed by atoms with Crippen molar-refractivity contribution in [1.82, 2.24) is 0 Å². The Labute approximate surface area is 145 Å². The number of hydrogen-bond donors (Lipinski definition) is 2. The topological polar surface area (TPSA) is 103 Å². The summed E-state index contributed by atoms with van der Waals surface area (Å²) in [6, 6.07) is 4.34. The highest BCUT2D eigenvalue weighted by Gasteiger charge is 2.25. The van der Waals surface area contributed by atoms with Crippen LogP contribution in [0.1, 0.15) is 18.4 Å². The summed E-state index contributed by atoms with van der Waals surface area (Å²) in [6.07, 6.45) is 2.71. The number of thioether (sulfide) groups is 1. The molecule has 1 aliphatic rings. The molecule has 24 heavy (non-hydrogen) atoms. The minimum Gasteiger partial charge on any atom is -0.504 e. The van der Waals surface area contributed by atoms with Crippen LogP contribution < -0.4 is 10.5 Å². The van der Waals surface area contributed by atoms with E-state index in [1.807, 2.05) is 6.26 Å². The number of methoxy groups -OCH3 is 1. The highest BCUT2D eigenvalue weighted by molar-refractivity contribution is 7.98. The second kappa shape index (κ2) is 8.79. The van der Waals surface area contributed by atoms with Gasteiger partial charge in [-0.25, -0.2) is 0 Å². The molecule has 0 amide bonds. The van der Waals surface area contributed by atoms with E-state index >= 15 is 0 Å². The molecular formula is C16H22N2O5S. The molecule has 132 valence electrons. The molecule has 1 aromatic rings. The molecule has 2 rings (SSSR count). The van der Waals surface area contributed by atoms with Crippen molar-refractivity contribution in [2.75, 3.05) is 25.7 Å². The SMILES string of the molecule is COc1cc(C2=NOC(COC(=O)[C@@H](N)CCSC)C2)ccc1O. The van der Waals surface area contributed by atoms with Gasteiger partial charge in [-0.15, -0.1) is 0 Å². The summed E-state index contributed by atoms with van der Waals surface area (Å²) in [7, 11) is 1.48. The number of nitrogens with zero attached hydrogens (tertiary/aromatic N) is 1. The van der Waals surface area contributed by atoms with Gasteiger partial charge in [0.25, 0.3) is 0 Å². The van der Waals surface area contributed by atoms with E-state index < -0.39 is 12.0 Å². The molecule has 1 aliphatic heterocycles. The number of nitrogens with two attached hydrogens (primary N) is 1. The predicted octanol–water partition coefficient (Wildman–Crippen LogP) is 1.52. The van der Waals surface area contributed by atoms with Crippen LogP contribution in [0.3, 0.4) is 0 Å². The van der Waals surface area contributed by atoms with E-state index in [0.29, 0.717) is 24.3 Å². The van der Waals surface area contributed by atoms with Crippen molar-refractivity contribution in [2.24, 2.45) is 10.9 Å². The van der Waals surface area contributed by atoms with E-state index in [9.17, 15) is 9.90 Å². The molecule has 0 radical (unpaired) electrons. The third-order valence-electron chi connectivity index (χ3n) is 3.59. The van der Waals surface area contributed by atoms with Crippen LogP contribution in [-0.2, 0) is 14.4 Å². The number of oxime groups is 1. The molecule has 3 N–H and O–H groups in total. The molecule has 7 nitrogen and oxygen atoms in total. The fourth-order valence-electron chi connectivity index (χ4n) is 2.19. The Morgan fingerprint density at radius 2 is 2.38 bits per heavy atom. The van der Waals surface area contributed by atoms with Crippen molar-refractivity contribution in [3.63, 3.8) is 0 Å². The lowest BCUT2D eigenvalue weighted by Crippen LogP contribution is -2.34. The van der Waals surface area contributed by atoms with Crippen LogP contribution in [0.2, 0.25) is 0 Å². The number of phenolic OH excluding ortho intramolecular Hbond substituents is 1. The van der Waals surface area contributed by atoms with Gasteiger partial charge in [0.05, 0.1) is 12.8 Å². The molecular weight excluding hydrogens is 332 g/mol. The maximum atomic E-state index is 11.8. The van der Waals surface area contributed by atoms with Crippen LogP contribution in [0, 0.1) is 0 Å². The van der Waals surface area contributed by atoms with Crippen molar-refractivity contribution < 1.29 is 24.2 Å². The molecule has 1 unspecified atom stereocenters. The highest BCUT2D eigenvalue weighted by Crippen LogP contribution is 2.28. The van der Waals surface area contributed by atoms with Crippen LogP contribution >= 0.6 is 11.8 Å². The van der Waals surface area contributed by atoms with E-state index in [0.717, 1.165) is 11.3 Å². The van der Waals surface area contributed by atoms with E-state index in [1.54, 1.807) is 23.9 Å². The van der Waals surface area contributed by atoms with Crippen LogP contribution in [0.5, 0.6) is 11.5 Å². The third-order valence-corrected chi connectivity index (χ3v) is 4.24. The van der Waals surface area contributed by atoms with Gasteiger partial charge in [0.1, 0.15) is 12.6 Å². The van der Waals surface area contributed by atoms with Crippen molar-refractivity contribution in [3.05, 3.63) is 23.8 Å². The zero-order chi connectivity index (χ0) is 17.5. The van der Waals surface area contributed by atoms with E-state index in [1.165, 1.54) is 13.2 Å². The number of aromatic hydroxyl groups is 1. The van der Waals surface area contributed by atoms with Gasteiger partial charge in [-0.3, -0.25) is 4.79 Å². The summed E-state index contributed by atoms with van der Waals surface area (Å²) in [5.41, 5.74) is 7.25. The second-order valence-corrected chi connectivity index (χ2v) is 6.36. The van der Waals surface area contributed by atoms with Gasteiger partial charge in [-0.2, -0.15) is 11.8 Å². The number of ether oxygens (including phenoxy) is 2. The molecule has 0 fully saturated rings. The molecule has 0 saturated heterocycles. The Bertz CT molecular complexity index is 608. The van der Waals surface area contributed by atoms with Crippen molar-refractivity contribution in [2.45, 2.75) is 25.0 Å². The summed E-state index contributed by atoms with van der Waals surface area (Å²) in [5.74, 6) is 0.814. The number of carbonyl (C=O) groups is 1. The first-order chi connectivity index (χ1) is 11.5. The normalized spacial score (nSPS) is 17.8. The second-order valence-electron chi connectivity index (χ2n) is 5.37. The first-order valence-electron chi connectivity index (χ1n) is 7.56. The molecule has 0 aliphatic carbocycles. The molecule has 0 bridgehead atoms. The number of esters is 1. The van der Waals surface area contributed by atoms with Crippen LogP contribution in [0.25, 0.3) is 0 Å². The monoisotopic (exact) mass is 354 g/mol. The van der Waals surface area contributed by atoms with Crippen LogP contribution in [0.4, 0.5) is 0 Å². The van der Waals surface area contributed by atoms with Gasteiger partial charge in [-0.05, 0) is 36.6 Å². The average Bonchev–Trinajstić information content (AvgIpc) is 3.06. The molecule has 0 spiro atoms. The van der Waals surface area contributed by atoms with Crippen molar-refractivity contribution in [3.8, 4) is 11.5 Å². The summed E-state index contributed by atoms with van der Waals surface area (Å²) in [6.45, 7) is 0.105. The van der Waals surface area contributed by atoms with Gasteiger partial charge in [0.2, 0.25) is 0 Å². The minimum absolute atomic E-state index is 0.0606. The number of carbonyl (C=O) groups excluding carboxylic acids is 1. The predicted molar refractivity (Wildman–Crippen MR) is 92.6 cm³/mol. The van der Waals surface area contributed by atoms with E-state index in [2.05, 4.69) is 5.16 Å². The fraction of sp³-hybridized carbons (Fsp3) is 0.500. The summed E-state index contributed by atoms with van der Waals surface area (Å²) >= 11 is 1.63. The van der Waals surface area contributed by atoms with Crippen LogP contribution in [0.15, 0.2) is 23.4 Å². The molecule has 8 heteroatoms. The summed E-state index contributed by atoms with van der Waals surface area (Å²) < 4.78 is 10.3. The van der Waals surface area contributed by atoms with Gasteiger partial charge < -0.3 is 25.2 Å². The largest absolute Gasteiger partial charge is 0.504 e. The van der Waals surface area contributed by atoms with Gasteiger partial charge in [0, 0.05) is 12.0 Å². The summed E-state index contributed by atoms with van der Waals surface area (Å²) in [4.78, 5) is 17.1. The average molecular weight is 354 g/mol. The third kappa shape index (κ3) is 4.78. The smallest absolute Gasteiger partial charge is 0.323 e. The lowest BCUT2D eigenvalue weighted by atomic mass is 10.0. The Balaban J connectivity index is 1.83. The molecule has 1 aromatic carbocycles. The number of phenols is 1.